The number of hydrogen-bond donors (Lipinski definition) is 1. The third-order valence-corrected chi connectivity index (χ3v) is 3.37. The van der Waals surface area contributed by atoms with Crippen LogP contribution < -0.4 is 0 Å². The van der Waals surface area contributed by atoms with Gasteiger partial charge in [-0.2, -0.15) is 0 Å². The van der Waals surface area contributed by atoms with Crippen LogP contribution in [0.4, 0.5) is 0 Å². The van der Waals surface area contributed by atoms with Gasteiger partial charge >= 0.3 is 0 Å². The zero-order valence-corrected chi connectivity index (χ0v) is 10.2. The van der Waals surface area contributed by atoms with Gasteiger partial charge in [-0.25, -0.2) is 0 Å². The van der Waals surface area contributed by atoms with E-state index in [0.29, 0.717) is 0 Å². The summed E-state index contributed by atoms with van der Waals surface area (Å²) in [6, 6.07) is 6.99. The molecular formula is C12H13NO3S. The van der Waals surface area contributed by atoms with E-state index in [1.807, 2.05) is 17.5 Å². The Balaban J connectivity index is 1.97. The molecule has 2 rings (SSSR count). The summed E-state index contributed by atoms with van der Waals surface area (Å²) in [6.07, 6.45) is 0.801. The van der Waals surface area contributed by atoms with Crippen molar-refractivity contribution in [2.75, 3.05) is 13.6 Å². The molecule has 0 aliphatic rings. The second-order valence-corrected chi connectivity index (χ2v) is 4.67. The lowest BCUT2D eigenvalue weighted by Crippen LogP contribution is -2.30. The van der Waals surface area contributed by atoms with Gasteiger partial charge < -0.3 is 14.4 Å². The Hall–Kier alpha value is -1.59. The molecule has 4 nitrogen and oxygen atoms in total. The van der Waals surface area contributed by atoms with Crippen molar-refractivity contribution in [3.05, 3.63) is 46.5 Å². The third kappa shape index (κ3) is 2.75. The van der Waals surface area contributed by atoms with Crippen LogP contribution in [0.15, 0.2) is 40.3 Å². The highest BCUT2D eigenvalue weighted by Gasteiger charge is 2.18. The summed E-state index contributed by atoms with van der Waals surface area (Å²) in [7, 11) is 1.64. The fraction of sp³-hybridized carbons (Fsp3) is 0.250. The summed E-state index contributed by atoms with van der Waals surface area (Å²) in [6.45, 7) is 0.250. The molecule has 0 saturated heterocycles. The van der Waals surface area contributed by atoms with E-state index in [2.05, 4.69) is 0 Å². The predicted molar refractivity (Wildman–Crippen MR) is 64.9 cm³/mol. The second-order valence-electron chi connectivity index (χ2n) is 3.69. The number of furan rings is 1. The van der Waals surface area contributed by atoms with Crippen LogP contribution in [0.2, 0.25) is 0 Å². The number of likely N-dealkylation sites (N-methyl/N-ethyl adjacent to an activating group) is 1. The molecule has 5 heteroatoms. The zero-order valence-electron chi connectivity index (χ0n) is 9.37. The normalized spacial score (nSPS) is 12.4. The highest BCUT2D eigenvalue weighted by molar-refractivity contribution is 7.10. The van der Waals surface area contributed by atoms with E-state index >= 15 is 0 Å². The Labute approximate surface area is 103 Å². The van der Waals surface area contributed by atoms with E-state index in [9.17, 15) is 9.90 Å². The van der Waals surface area contributed by atoms with E-state index < -0.39 is 6.10 Å². The summed E-state index contributed by atoms with van der Waals surface area (Å²) in [5.74, 6) is 0.0523. The number of thiophene rings is 1. The number of hydrogen-bond acceptors (Lipinski definition) is 4. The number of aliphatic hydroxyl groups is 1. The Morgan fingerprint density at radius 1 is 1.53 bits per heavy atom. The second kappa shape index (κ2) is 5.16. The highest BCUT2D eigenvalue weighted by atomic mass is 32.1. The van der Waals surface area contributed by atoms with Gasteiger partial charge in [-0.05, 0) is 23.6 Å². The van der Waals surface area contributed by atoms with Crippen molar-refractivity contribution < 1.29 is 14.3 Å². The first kappa shape index (κ1) is 11.9. The highest BCUT2D eigenvalue weighted by Crippen LogP contribution is 2.19. The van der Waals surface area contributed by atoms with Gasteiger partial charge in [0.05, 0.1) is 12.8 Å². The molecule has 0 aliphatic carbocycles. The molecular weight excluding hydrogens is 238 g/mol. The summed E-state index contributed by atoms with van der Waals surface area (Å²) in [5.41, 5.74) is 0. The molecule has 1 unspecified atom stereocenters. The quantitative estimate of drug-likeness (QED) is 0.905. The van der Waals surface area contributed by atoms with Crippen LogP contribution in [-0.4, -0.2) is 29.5 Å². The number of aliphatic hydroxyl groups excluding tert-OH is 1. The van der Waals surface area contributed by atoms with Crippen molar-refractivity contribution in [2.24, 2.45) is 0 Å². The van der Waals surface area contributed by atoms with Crippen LogP contribution in [0.3, 0.4) is 0 Å². The van der Waals surface area contributed by atoms with Gasteiger partial charge in [-0.15, -0.1) is 11.3 Å². The van der Waals surface area contributed by atoms with Gasteiger partial charge in [0, 0.05) is 11.9 Å². The van der Waals surface area contributed by atoms with Gasteiger partial charge in [0.1, 0.15) is 6.10 Å². The first-order valence-corrected chi connectivity index (χ1v) is 6.07. The van der Waals surface area contributed by atoms with Gasteiger partial charge in [0.15, 0.2) is 5.76 Å². The van der Waals surface area contributed by atoms with E-state index in [1.165, 1.54) is 22.5 Å². The predicted octanol–water partition coefficient (Wildman–Crippen LogP) is 2.15. The van der Waals surface area contributed by atoms with Gasteiger partial charge in [0.2, 0.25) is 0 Å². The lowest BCUT2D eigenvalue weighted by Gasteiger charge is -2.19. The molecule has 0 radical (unpaired) electrons. The summed E-state index contributed by atoms with van der Waals surface area (Å²) in [5, 5.41) is 11.8. The van der Waals surface area contributed by atoms with Gasteiger partial charge in [-0.3, -0.25) is 4.79 Å². The molecule has 1 atom stereocenters. The fourth-order valence-electron chi connectivity index (χ4n) is 1.50. The standard InChI is InChI=1S/C12H13NO3S/c1-13(12(15)10-4-2-6-16-10)8-9(14)11-5-3-7-17-11/h2-7,9,14H,8H2,1H3. The Morgan fingerprint density at radius 3 is 2.94 bits per heavy atom. The molecule has 0 spiro atoms. The summed E-state index contributed by atoms with van der Waals surface area (Å²) in [4.78, 5) is 14.1. The molecule has 90 valence electrons. The zero-order chi connectivity index (χ0) is 12.3. The van der Waals surface area contributed by atoms with Crippen molar-refractivity contribution in [1.82, 2.24) is 4.90 Å². The largest absolute Gasteiger partial charge is 0.459 e. The van der Waals surface area contributed by atoms with Crippen LogP contribution in [0, 0.1) is 0 Å². The molecule has 0 fully saturated rings. The van der Waals surface area contributed by atoms with E-state index in [-0.39, 0.29) is 18.2 Å². The van der Waals surface area contributed by atoms with E-state index in [4.69, 9.17) is 4.42 Å². The van der Waals surface area contributed by atoms with E-state index in [0.717, 1.165) is 4.88 Å². The molecule has 1 N–H and O–H groups in total. The SMILES string of the molecule is CN(CC(O)c1cccs1)C(=O)c1ccco1. The minimum atomic E-state index is -0.654. The number of carbonyl (C=O) groups excluding carboxylic acids is 1. The molecule has 2 heterocycles. The minimum absolute atomic E-state index is 0.231. The van der Waals surface area contributed by atoms with E-state index in [1.54, 1.807) is 19.2 Å². The van der Waals surface area contributed by atoms with Crippen LogP contribution in [0.5, 0.6) is 0 Å². The lowest BCUT2D eigenvalue weighted by molar-refractivity contribution is 0.0656. The maximum absolute atomic E-state index is 11.8. The molecule has 0 saturated carbocycles. The van der Waals surface area contributed by atoms with Gasteiger partial charge in [-0.1, -0.05) is 6.07 Å². The molecule has 0 aromatic carbocycles. The van der Waals surface area contributed by atoms with Crippen LogP contribution >= 0.6 is 11.3 Å². The first-order valence-electron chi connectivity index (χ1n) is 5.19. The Bertz CT molecular complexity index is 464. The third-order valence-electron chi connectivity index (χ3n) is 2.40. The van der Waals surface area contributed by atoms with Crippen molar-refractivity contribution >= 4 is 17.2 Å². The van der Waals surface area contributed by atoms with Crippen molar-refractivity contribution in [1.29, 1.82) is 0 Å². The molecule has 17 heavy (non-hydrogen) atoms. The maximum Gasteiger partial charge on any atom is 0.289 e. The monoisotopic (exact) mass is 251 g/mol. The first-order chi connectivity index (χ1) is 8.18. The molecule has 1 amide bonds. The molecule has 0 bridgehead atoms. The Morgan fingerprint density at radius 2 is 2.35 bits per heavy atom. The average molecular weight is 251 g/mol. The molecule has 0 aliphatic heterocycles. The number of carbonyl (C=O) groups is 1. The number of rotatable bonds is 4. The number of nitrogens with zero attached hydrogens (tertiary/aromatic N) is 1. The average Bonchev–Trinajstić information content (AvgIpc) is 3.00. The van der Waals surface area contributed by atoms with Crippen molar-refractivity contribution in [3.63, 3.8) is 0 Å². The van der Waals surface area contributed by atoms with Crippen LogP contribution in [0.25, 0.3) is 0 Å². The summed E-state index contributed by atoms with van der Waals surface area (Å²) < 4.78 is 5.02. The molecule has 2 aromatic rings. The lowest BCUT2D eigenvalue weighted by atomic mass is 10.2. The van der Waals surface area contributed by atoms with Crippen LogP contribution in [0.1, 0.15) is 21.5 Å². The Kier molecular flexibility index (Phi) is 3.61. The minimum Gasteiger partial charge on any atom is -0.459 e. The fourth-order valence-corrected chi connectivity index (χ4v) is 2.20. The number of amides is 1. The smallest absolute Gasteiger partial charge is 0.289 e. The summed E-state index contributed by atoms with van der Waals surface area (Å²) >= 11 is 1.47. The molecule has 2 aromatic heterocycles. The maximum atomic E-state index is 11.8. The van der Waals surface area contributed by atoms with Crippen molar-refractivity contribution in [2.45, 2.75) is 6.10 Å². The topological polar surface area (TPSA) is 53.7 Å². The van der Waals surface area contributed by atoms with Crippen molar-refractivity contribution in [3.8, 4) is 0 Å². The van der Waals surface area contributed by atoms with Crippen LogP contribution in [-0.2, 0) is 0 Å². The van der Waals surface area contributed by atoms with Gasteiger partial charge in [0.25, 0.3) is 5.91 Å².